The smallest absolute Gasteiger partial charge is 0.312 e. The molecule has 0 heterocycles. The van der Waals surface area contributed by atoms with E-state index in [2.05, 4.69) is 0 Å². The Bertz CT molecular complexity index is 934. The normalized spacial score (nSPS) is 11.3. The van der Waals surface area contributed by atoms with Gasteiger partial charge in [-0.15, -0.1) is 0 Å². The van der Waals surface area contributed by atoms with E-state index in [1.54, 1.807) is 19.9 Å². The Balaban J connectivity index is 2.49. The maximum atomic E-state index is 12.6. The lowest BCUT2D eigenvalue weighted by Crippen LogP contribution is -2.30. The third-order valence-corrected chi connectivity index (χ3v) is 6.07. The van der Waals surface area contributed by atoms with Crippen LogP contribution >= 0.6 is 0 Å². The molecule has 0 radical (unpaired) electrons. The van der Waals surface area contributed by atoms with E-state index in [0.717, 1.165) is 6.07 Å². The summed E-state index contributed by atoms with van der Waals surface area (Å²) in [5.41, 5.74) is -0.463. The van der Waals surface area contributed by atoms with Crippen molar-refractivity contribution in [3.63, 3.8) is 0 Å². The molecule has 9 nitrogen and oxygen atoms in total. The maximum Gasteiger partial charge on any atom is 0.312 e. The molecule has 0 saturated heterocycles. The minimum atomic E-state index is -3.83. The van der Waals surface area contributed by atoms with Crippen LogP contribution in [-0.2, 0) is 10.0 Å². The molecule has 0 amide bonds. The van der Waals surface area contributed by atoms with Gasteiger partial charge in [0.2, 0.25) is 15.8 Å². The number of hydrogen-bond acceptors (Lipinski definition) is 7. The van der Waals surface area contributed by atoms with Crippen LogP contribution in [-0.4, -0.2) is 45.0 Å². The number of benzene rings is 2. The lowest BCUT2D eigenvalue weighted by molar-refractivity contribution is -0.385. The van der Waals surface area contributed by atoms with Crippen LogP contribution in [0.5, 0.6) is 23.0 Å². The molecule has 0 aliphatic heterocycles. The molecular formula is C18H22N2O7S. The van der Waals surface area contributed by atoms with Crippen molar-refractivity contribution < 1.29 is 27.6 Å². The van der Waals surface area contributed by atoms with E-state index in [0.29, 0.717) is 11.5 Å². The van der Waals surface area contributed by atoms with Gasteiger partial charge in [-0.3, -0.25) is 10.1 Å². The fourth-order valence-electron chi connectivity index (χ4n) is 2.57. The molecule has 0 spiro atoms. The minimum absolute atomic E-state index is 0.0983. The highest BCUT2D eigenvalue weighted by molar-refractivity contribution is 7.89. The van der Waals surface area contributed by atoms with Crippen LogP contribution in [0, 0.1) is 10.1 Å². The summed E-state index contributed by atoms with van der Waals surface area (Å²) in [5, 5.41) is 11.5. The van der Waals surface area contributed by atoms with Gasteiger partial charge in [0, 0.05) is 37.4 Å². The van der Waals surface area contributed by atoms with Crippen molar-refractivity contribution in [2.24, 2.45) is 0 Å². The van der Waals surface area contributed by atoms with E-state index in [1.165, 1.54) is 42.8 Å². The van der Waals surface area contributed by atoms with Crippen LogP contribution in [0.1, 0.15) is 13.8 Å². The SMILES string of the molecule is CCN(CC)S(=O)(=O)c1ccc(Oc2cc(OC)cc(OC)c2)c([N+](=O)[O-])c1. The summed E-state index contributed by atoms with van der Waals surface area (Å²) in [6, 6.07) is 8.24. The van der Waals surface area contributed by atoms with Gasteiger partial charge in [-0.2, -0.15) is 4.31 Å². The predicted molar refractivity (Wildman–Crippen MR) is 103 cm³/mol. The number of ether oxygens (including phenoxy) is 3. The first-order valence-electron chi connectivity index (χ1n) is 8.46. The topological polar surface area (TPSA) is 108 Å². The molecule has 0 saturated carbocycles. The Labute approximate surface area is 163 Å². The molecule has 2 rings (SSSR count). The average molecular weight is 410 g/mol. The summed E-state index contributed by atoms with van der Waals surface area (Å²) >= 11 is 0. The predicted octanol–water partition coefficient (Wildman–Crippen LogP) is 3.43. The fourth-order valence-corrected chi connectivity index (χ4v) is 4.04. The monoisotopic (exact) mass is 410 g/mol. The number of nitrogens with zero attached hydrogens (tertiary/aromatic N) is 2. The number of nitro groups is 1. The van der Waals surface area contributed by atoms with Gasteiger partial charge in [-0.1, -0.05) is 13.8 Å². The van der Waals surface area contributed by atoms with Crippen LogP contribution in [0.15, 0.2) is 41.3 Å². The van der Waals surface area contributed by atoms with Gasteiger partial charge in [0.15, 0.2) is 0 Å². The number of nitro benzene ring substituents is 1. The van der Waals surface area contributed by atoms with Crippen LogP contribution in [0.3, 0.4) is 0 Å². The van der Waals surface area contributed by atoms with Gasteiger partial charge in [-0.25, -0.2) is 8.42 Å². The summed E-state index contributed by atoms with van der Waals surface area (Å²) in [6.07, 6.45) is 0. The zero-order chi connectivity index (χ0) is 20.9. The largest absolute Gasteiger partial charge is 0.496 e. The minimum Gasteiger partial charge on any atom is -0.496 e. The third-order valence-electron chi connectivity index (χ3n) is 4.02. The molecule has 0 aromatic heterocycles. The lowest BCUT2D eigenvalue weighted by Gasteiger charge is -2.18. The Hall–Kier alpha value is -2.85. The van der Waals surface area contributed by atoms with Gasteiger partial charge in [-0.05, 0) is 12.1 Å². The quantitative estimate of drug-likeness (QED) is 0.460. The molecule has 10 heteroatoms. The molecular weight excluding hydrogens is 388 g/mol. The summed E-state index contributed by atoms with van der Waals surface area (Å²) in [4.78, 5) is 10.7. The highest BCUT2D eigenvalue weighted by Gasteiger charge is 2.26. The van der Waals surface area contributed by atoms with E-state index in [1.807, 2.05) is 0 Å². The number of methoxy groups -OCH3 is 2. The van der Waals surface area contributed by atoms with E-state index in [4.69, 9.17) is 14.2 Å². The number of hydrogen-bond donors (Lipinski definition) is 0. The standard InChI is InChI=1S/C18H22N2O7S/c1-5-19(6-2)28(23,24)16-7-8-18(17(12-16)20(21)22)27-15-10-13(25-3)9-14(11-15)26-4/h7-12H,5-6H2,1-4H3. The van der Waals surface area contributed by atoms with Gasteiger partial charge >= 0.3 is 5.69 Å². The summed E-state index contributed by atoms with van der Waals surface area (Å²) in [5.74, 6) is 1.04. The number of sulfonamides is 1. The molecule has 0 bridgehead atoms. The highest BCUT2D eigenvalue weighted by Crippen LogP contribution is 2.36. The zero-order valence-corrected chi connectivity index (χ0v) is 16.9. The number of rotatable bonds is 9. The average Bonchev–Trinajstić information content (AvgIpc) is 2.68. The fraction of sp³-hybridized carbons (Fsp3) is 0.333. The summed E-state index contributed by atoms with van der Waals surface area (Å²) in [7, 11) is -0.903. The van der Waals surface area contributed by atoms with E-state index < -0.39 is 20.6 Å². The molecule has 2 aromatic carbocycles. The van der Waals surface area contributed by atoms with Gasteiger partial charge < -0.3 is 14.2 Å². The third kappa shape index (κ3) is 4.52. The van der Waals surface area contributed by atoms with Crippen molar-refractivity contribution in [2.45, 2.75) is 18.7 Å². The van der Waals surface area contributed by atoms with Crippen molar-refractivity contribution in [3.8, 4) is 23.0 Å². The van der Waals surface area contributed by atoms with Crippen LogP contribution < -0.4 is 14.2 Å². The van der Waals surface area contributed by atoms with Crippen LogP contribution in [0.25, 0.3) is 0 Å². The highest BCUT2D eigenvalue weighted by atomic mass is 32.2. The first-order chi connectivity index (χ1) is 13.3. The molecule has 152 valence electrons. The maximum absolute atomic E-state index is 12.6. The Kier molecular flexibility index (Phi) is 6.81. The molecule has 28 heavy (non-hydrogen) atoms. The molecule has 0 aliphatic carbocycles. The first kappa shape index (κ1) is 21.5. The summed E-state index contributed by atoms with van der Waals surface area (Å²) in [6.45, 7) is 3.91. The van der Waals surface area contributed by atoms with Gasteiger partial charge in [0.05, 0.1) is 24.0 Å². The molecule has 0 aliphatic rings. The molecule has 0 fully saturated rings. The lowest BCUT2D eigenvalue weighted by atomic mass is 10.2. The van der Waals surface area contributed by atoms with Crippen molar-refractivity contribution in [3.05, 3.63) is 46.5 Å². The van der Waals surface area contributed by atoms with Crippen molar-refractivity contribution in [1.82, 2.24) is 4.31 Å². The van der Waals surface area contributed by atoms with E-state index in [-0.39, 0.29) is 29.5 Å². The second kappa shape index (κ2) is 8.89. The van der Waals surface area contributed by atoms with Crippen molar-refractivity contribution in [1.29, 1.82) is 0 Å². The van der Waals surface area contributed by atoms with E-state index in [9.17, 15) is 18.5 Å². The Morgan fingerprint density at radius 1 is 0.964 bits per heavy atom. The molecule has 0 atom stereocenters. The second-order valence-corrected chi connectivity index (χ2v) is 7.56. The second-order valence-electron chi connectivity index (χ2n) is 5.63. The van der Waals surface area contributed by atoms with Crippen molar-refractivity contribution in [2.75, 3.05) is 27.3 Å². The summed E-state index contributed by atoms with van der Waals surface area (Å²) < 4.78 is 42.4. The molecule has 0 unspecified atom stereocenters. The molecule has 2 aromatic rings. The van der Waals surface area contributed by atoms with Crippen LogP contribution in [0.4, 0.5) is 5.69 Å². The zero-order valence-electron chi connectivity index (χ0n) is 16.0. The first-order valence-corrected chi connectivity index (χ1v) is 9.90. The van der Waals surface area contributed by atoms with Crippen LogP contribution in [0.2, 0.25) is 0 Å². The Morgan fingerprint density at radius 3 is 1.96 bits per heavy atom. The molecule has 0 N–H and O–H groups in total. The van der Waals surface area contributed by atoms with Gasteiger partial charge in [0.25, 0.3) is 0 Å². The van der Waals surface area contributed by atoms with Gasteiger partial charge in [0.1, 0.15) is 17.2 Å². The van der Waals surface area contributed by atoms with Crippen molar-refractivity contribution >= 4 is 15.7 Å². The van der Waals surface area contributed by atoms with E-state index >= 15 is 0 Å². The Morgan fingerprint density at radius 2 is 1.50 bits per heavy atom.